The third-order valence-corrected chi connectivity index (χ3v) is 3.45. The smallest absolute Gasteiger partial charge is 0.422 e. The van der Waals surface area contributed by atoms with Gasteiger partial charge in [0.05, 0.1) is 17.9 Å². The number of pyridine rings is 1. The van der Waals surface area contributed by atoms with E-state index >= 15 is 0 Å². The molecule has 1 aromatic heterocycles. The van der Waals surface area contributed by atoms with Crippen molar-refractivity contribution in [2.45, 2.75) is 25.3 Å². The minimum atomic E-state index is -4.51. The summed E-state index contributed by atoms with van der Waals surface area (Å²) in [4.78, 5) is 16.2. The molecule has 1 aromatic carbocycles. The number of nitrogens with one attached hydrogen (secondary N) is 1. The van der Waals surface area contributed by atoms with Gasteiger partial charge in [-0.2, -0.15) is 26.3 Å². The van der Waals surface area contributed by atoms with E-state index in [9.17, 15) is 31.1 Å². The summed E-state index contributed by atoms with van der Waals surface area (Å²) >= 11 is 0. The van der Waals surface area contributed by atoms with Gasteiger partial charge < -0.3 is 14.8 Å². The zero-order valence-corrected chi connectivity index (χ0v) is 15.0. The van der Waals surface area contributed by atoms with Gasteiger partial charge in [-0.1, -0.05) is 6.07 Å². The van der Waals surface area contributed by atoms with E-state index in [-0.39, 0.29) is 17.1 Å². The number of nitrogens with zero attached hydrogens (tertiary/aromatic N) is 1. The van der Waals surface area contributed by atoms with Crippen LogP contribution in [0.4, 0.5) is 26.3 Å². The van der Waals surface area contributed by atoms with Crippen LogP contribution in [0.3, 0.4) is 0 Å². The standard InChI is InChI=1S/C18H16F6N2O3/c1-11(15-6-5-14(8-25-15)29-10-18(22,23)24)26-16(27)12-3-2-4-13(7-12)28-9-17(19,20)21/h2-8,11H,9-10H2,1H3,(H,26,27)/t11-/m1/s1. The molecular formula is C18H16F6N2O3. The zero-order valence-electron chi connectivity index (χ0n) is 15.0. The molecule has 5 nitrogen and oxygen atoms in total. The molecule has 2 rings (SSSR count). The molecule has 29 heavy (non-hydrogen) atoms. The highest BCUT2D eigenvalue weighted by molar-refractivity contribution is 5.94. The van der Waals surface area contributed by atoms with E-state index in [0.29, 0.717) is 5.69 Å². The molecule has 0 aliphatic carbocycles. The molecule has 158 valence electrons. The highest BCUT2D eigenvalue weighted by Crippen LogP contribution is 2.21. The predicted octanol–water partition coefficient (Wildman–Crippen LogP) is 4.45. The Morgan fingerprint density at radius 3 is 2.17 bits per heavy atom. The van der Waals surface area contributed by atoms with Gasteiger partial charge in [-0.3, -0.25) is 9.78 Å². The Morgan fingerprint density at radius 1 is 1.00 bits per heavy atom. The molecule has 0 aliphatic rings. The summed E-state index contributed by atoms with van der Waals surface area (Å²) in [5.41, 5.74) is 0.420. The number of hydrogen-bond acceptors (Lipinski definition) is 4. The number of benzene rings is 1. The van der Waals surface area contributed by atoms with Crippen LogP contribution in [0.25, 0.3) is 0 Å². The highest BCUT2D eigenvalue weighted by Gasteiger charge is 2.29. The summed E-state index contributed by atoms with van der Waals surface area (Å²) in [7, 11) is 0. The number of amides is 1. The second-order valence-corrected chi connectivity index (χ2v) is 5.95. The lowest BCUT2D eigenvalue weighted by Crippen LogP contribution is -2.27. The largest absolute Gasteiger partial charge is 0.484 e. The van der Waals surface area contributed by atoms with Gasteiger partial charge in [0, 0.05) is 5.56 Å². The first-order valence-electron chi connectivity index (χ1n) is 8.19. The Kier molecular flexibility index (Phi) is 6.93. The summed E-state index contributed by atoms with van der Waals surface area (Å²) in [6, 6.07) is 7.25. The van der Waals surface area contributed by atoms with Gasteiger partial charge in [0.1, 0.15) is 11.5 Å². The number of carbonyl (C=O) groups excluding carboxylic acids is 1. The van der Waals surface area contributed by atoms with Gasteiger partial charge in [0.15, 0.2) is 13.2 Å². The molecule has 0 fully saturated rings. The molecule has 1 N–H and O–H groups in total. The molecule has 1 amide bonds. The Morgan fingerprint density at radius 2 is 1.62 bits per heavy atom. The summed E-state index contributed by atoms with van der Waals surface area (Å²) in [5, 5.41) is 2.59. The molecule has 0 aliphatic heterocycles. The maximum Gasteiger partial charge on any atom is 0.422 e. The van der Waals surface area contributed by atoms with E-state index in [0.717, 1.165) is 12.3 Å². The molecule has 0 saturated carbocycles. The van der Waals surface area contributed by atoms with Crippen LogP contribution in [0.1, 0.15) is 29.0 Å². The fourth-order valence-electron chi connectivity index (χ4n) is 2.14. The van der Waals surface area contributed by atoms with Crippen LogP contribution >= 0.6 is 0 Å². The number of hydrogen-bond donors (Lipinski definition) is 1. The third kappa shape index (κ3) is 7.88. The zero-order chi connectivity index (χ0) is 21.7. The molecule has 1 heterocycles. The van der Waals surface area contributed by atoms with Crippen LogP contribution < -0.4 is 14.8 Å². The van der Waals surface area contributed by atoms with E-state index in [1.54, 1.807) is 6.92 Å². The maximum atomic E-state index is 12.3. The van der Waals surface area contributed by atoms with Crippen LogP contribution in [0, 0.1) is 0 Å². The van der Waals surface area contributed by atoms with Gasteiger partial charge in [0.25, 0.3) is 5.91 Å². The van der Waals surface area contributed by atoms with Crippen molar-refractivity contribution in [2.24, 2.45) is 0 Å². The molecule has 2 aromatic rings. The molecule has 0 bridgehead atoms. The van der Waals surface area contributed by atoms with Crippen molar-refractivity contribution in [3.8, 4) is 11.5 Å². The molecule has 0 saturated heterocycles. The lowest BCUT2D eigenvalue weighted by Gasteiger charge is -2.15. The minimum Gasteiger partial charge on any atom is -0.484 e. The van der Waals surface area contributed by atoms with E-state index in [1.807, 2.05) is 0 Å². The Labute approximate surface area is 161 Å². The first-order valence-corrected chi connectivity index (χ1v) is 8.19. The van der Waals surface area contributed by atoms with E-state index in [4.69, 9.17) is 0 Å². The second-order valence-electron chi connectivity index (χ2n) is 5.95. The summed E-state index contributed by atoms with van der Waals surface area (Å²) < 4.78 is 82.2. The number of aromatic nitrogens is 1. The van der Waals surface area contributed by atoms with Gasteiger partial charge in [-0.05, 0) is 37.3 Å². The van der Waals surface area contributed by atoms with Crippen LogP contribution in [-0.2, 0) is 0 Å². The monoisotopic (exact) mass is 422 g/mol. The Balaban J connectivity index is 1.96. The van der Waals surface area contributed by atoms with E-state index in [2.05, 4.69) is 19.8 Å². The van der Waals surface area contributed by atoms with Gasteiger partial charge in [-0.25, -0.2) is 0 Å². The maximum absolute atomic E-state index is 12.3. The minimum absolute atomic E-state index is 0.0710. The Bertz CT molecular complexity index is 822. The van der Waals surface area contributed by atoms with Crippen molar-refractivity contribution in [1.29, 1.82) is 0 Å². The quantitative estimate of drug-likeness (QED) is 0.670. The van der Waals surface area contributed by atoms with Crippen molar-refractivity contribution in [3.05, 3.63) is 53.9 Å². The third-order valence-electron chi connectivity index (χ3n) is 3.45. The summed E-state index contributed by atoms with van der Waals surface area (Å²) in [5.74, 6) is -0.791. The van der Waals surface area contributed by atoms with Gasteiger partial charge >= 0.3 is 12.4 Å². The first kappa shape index (κ1) is 22.3. The highest BCUT2D eigenvalue weighted by atomic mass is 19.4. The predicted molar refractivity (Wildman–Crippen MR) is 89.7 cm³/mol. The van der Waals surface area contributed by atoms with Crippen molar-refractivity contribution >= 4 is 5.91 Å². The van der Waals surface area contributed by atoms with Crippen molar-refractivity contribution in [2.75, 3.05) is 13.2 Å². The number of rotatable bonds is 7. The lowest BCUT2D eigenvalue weighted by molar-refractivity contribution is -0.154. The number of carbonyl (C=O) groups is 1. The molecule has 0 spiro atoms. The summed E-state index contributed by atoms with van der Waals surface area (Å²) in [6.07, 6.45) is -7.89. The average Bonchev–Trinajstić information content (AvgIpc) is 2.64. The van der Waals surface area contributed by atoms with Crippen molar-refractivity contribution < 1.29 is 40.6 Å². The summed E-state index contributed by atoms with van der Waals surface area (Å²) in [6.45, 7) is -1.35. The Hall–Kier alpha value is -2.98. The SMILES string of the molecule is C[C@@H](NC(=O)c1cccc(OCC(F)(F)F)c1)c1ccc(OCC(F)(F)F)cn1. The van der Waals surface area contributed by atoms with Gasteiger partial charge in [-0.15, -0.1) is 0 Å². The topological polar surface area (TPSA) is 60.5 Å². The van der Waals surface area contributed by atoms with Crippen LogP contribution in [0.2, 0.25) is 0 Å². The van der Waals surface area contributed by atoms with Crippen LogP contribution in [-0.4, -0.2) is 36.5 Å². The van der Waals surface area contributed by atoms with E-state index in [1.165, 1.54) is 30.3 Å². The molecular weight excluding hydrogens is 406 g/mol. The van der Waals surface area contributed by atoms with Crippen molar-refractivity contribution in [3.63, 3.8) is 0 Å². The first-order chi connectivity index (χ1) is 13.4. The van der Waals surface area contributed by atoms with Crippen molar-refractivity contribution in [1.82, 2.24) is 10.3 Å². The molecule has 0 unspecified atom stereocenters. The number of alkyl halides is 6. The normalized spacial score (nSPS) is 12.9. The lowest BCUT2D eigenvalue weighted by atomic mass is 10.1. The molecule has 0 radical (unpaired) electrons. The second kappa shape index (κ2) is 9.01. The number of ether oxygens (including phenoxy) is 2. The fourth-order valence-corrected chi connectivity index (χ4v) is 2.14. The van der Waals surface area contributed by atoms with Gasteiger partial charge in [0.2, 0.25) is 0 Å². The fraction of sp³-hybridized carbons (Fsp3) is 0.333. The average molecular weight is 422 g/mol. The molecule has 11 heteroatoms. The van der Waals surface area contributed by atoms with Crippen LogP contribution in [0.15, 0.2) is 42.6 Å². The van der Waals surface area contributed by atoms with Crippen LogP contribution in [0.5, 0.6) is 11.5 Å². The van der Waals surface area contributed by atoms with E-state index < -0.39 is 37.5 Å². The number of halogens is 6. The molecule has 1 atom stereocenters.